The number of thiol groups is 1. The van der Waals surface area contributed by atoms with Gasteiger partial charge in [0.05, 0.1) is 11.2 Å². The average Bonchev–Trinajstić information content (AvgIpc) is 2.65. The monoisotopic (exact) mass is 305 g/mol. The van der Waals surface area contributed by atoms with E-state index in [0.29, 0.717) is 6.54 Å². The second kappa shape index (κ2) is 6.17. The van der Waals surface area contributed by atoms with E-state index in [-0.39, 0.29) is 18.3 Å². The molecule has 1 saturated heterocycles. The average molecular weight is 305 g/mol. The Morgan fingerprint density at radius 3 is 2.38 bits per heavy atom. The van der Waals surface area contributed by atoms with Crippen molar-refractivity contribution in [2.45, 2.75) is 44.6 Å². The van der Waals surface area contributed by atoms with Crippen LogP contribution in [0.3, 0.4) is 0 Å². The van der Waals surface area contributed by atoms with E-state index in [9.17, 15) is 0 Å². The lowest BCUT2D eigenvalue weighted by Gasteiger charge is -2.32. The molecule has 1 aliphatic heterocycles. The van der Waals surface area contributed by atoms with Gasteiger partial charge in [0.15, 0.2) is 0 Å². The van der Waals surface area contributed by atoms with Crippen molar-refractivity contribution in [3.05, 3.63) is 40.9 Å². The molecule has 0 atom stereocenters. The van der Waals surface area contributed by atoms with Gasteiger partial charge in [0, 0.05) is 12.3 Å². The molecule has 0 aliphatic carbocycles. The molecular formula is C16H24BNO2S. The van der Waals surface area contributed by atoms with E-state index in [1.165, 1.54) is 5.56 Å². The summed E-state index contributed by atoms with van der Waals surface area (Å²) in [5.74, 6) is 0.718. The van der Waals surface area contributed by atoms with Gasteiger partial charge in [-0.3, -0.25) is 0 Å². The first kappa shape index (κ1) is 16.6. The first-order valence-corrected chi connectivity index (χ1v) is 7.88. The summed E-state index contributed by atoms with van der Waals surface area (Å²) in [6.45, 7) is 8.58. The zero-order chi connectivity index (χ0) is 15.7. The summed E-state index contributed by atoms with van der Waals surface area (Å²) in [6.07, 6.45) is 2.05. The lowest BCUT2D eigenvalue weighted by Crippen LogP contribution is -2.41. The van der Waals surface area contributed by atoms with Crippen LogP contribution in [0.2, 0.25) is 0 Å². The van der Waals surface area contributed by atoms with Gasteiger partial charge in [0.2, 0.25) is 0 Å². The first-order valence-electron chi connectivity index (χ1n) is 7.25. The van der Waals surface area contributed by atoms with Crippen LogP contribution in [0.4, 0.5) is 0 Å². The second-order valence-corrected chi connectivity index (χ2v) is 6.73. The highest BCUT2D eigenvalue weighted by Gasteiger charge is 2.52. The minimum atomic E-state index is -0.389. The number of nitrogens with two attached hydrogens (primary N) is 1. The Labute approximate surface area is 133 Å². The molecule has 2 N–H and O–H groups in total. The number of hydrogen-bond acceptors (Lipinski definition) is 4. The van der Waals surface area contributed by atoms with E-state index < -0.39 is 0 Å². The van der Waals surface area contributed by atoms with E-state index in [2.05, 4.69) is 30.8 Å². The van der Waals surface area contributed by atoms with Crippen molar-refractivity contribution < 1.29 is 9.31 Å². The summed E-state index contributed by atoms with van der Waals surface area (Å²) in [4.78, 5) is 0. The number of rotatable bonds is 4. The molecule has 0 saturated carbocycles. The maximum Gasteiger partial charge on any atom is 0.491 e. The summed E-state index contributed by atoms with van der Waals surface area (Å²) in [7, 11) is -0.389. The Hall–Kier alpha value is -0.745. The maximum absolute atomic E-state index is 6.06. The van der Waals surface area contributed by atoms with Crippen molar-refractivity contribution in [1.82, 2.24) is 0 Å². The number of hydrogen-bond donors (Lipinski definition) is 2. The zero-order valence-corrected chi connectivity index (χ0v) is 14.1. The Morgan fingerprint density at radius 1 is 1.24 bits per heavy atom. The van der Waals surface area contributed by atoms with Crippen LogP contribution in [0, 0.1) is 0 Å². The highest BCUT2D eigenvalue weighted by molar-refractivity contribution is 7.79. The van der Waals surface area contributed by atoms with Crippen LogP contribution in [-0.4, -0.2) is 24.9 Å². The zero-order valence-electron chi connectivity index (χ0n) is 13.2. The SMILES string of the molecule is CC1(C)OB(C(=Cc2cccc(CS)c2)CN)OC1(C)C. The van der Waals surface area contributed by atoms with E-state index in [0.717, 1.165) is 16.8 Å². The fourth-order valence-corrected chi connectivity index (χ4v) is 2.41. The van der Waals surface area contributed by atoms with Crippen molar-refractivity contribution in [3.63, 3.8) is 0 Å². The molecule has 1 heterocycles. The Balaban J connectivity index is 2.26. The fourth-order valence-electron chi connectivity index (χ4n) is 2.21. The summed E-state index contributed by atoms with van der Waals surface area (Å²) in [6, 6.07) is 8.23. The summed E-state index contributed by atoms with van der Waals surface area (Å²) < 4.78 is 12.1. The third kappa shape index (κ3) is 3.54. The van der Waals surface area contributed by atoms with Crippen LogP contribution in [-0.2, 0) is 15.1 Å². The van der Waals surface area contributed by atoms with Gasteiger partial charge in [-0.15, -0.1) is 0 Å². The van der Waals surface area contributed by atoms with E-state index in [1.807, 2.05) is 39.8 Å². The van der Waals surface area contributed by atoms with Crippen molar-refractivity contribution >= 4 is 25.8 Å². The molecule has 0 bridgehead atoms. The molecule has 1 aliphatic rings. The molecule has 5 heteroatoms. The largest absolute Gasteiger partial charge is 0.491 e. The lowest BCUT2D eigenvalue weighted by molar-refractivity contribution is 0.00578. The molecule has 2 rings (SSSR count). The summed E-state index contributed by atoms with van der Waals surface area (Å²) in [5.41, 5.74) is 8.43. The molecular weight excluding hydrogens is 281 g/mol. The van der Waals surface area contributed by atoms with Crippen LogP contribution in [0.5, 0.6) is 0 Å². The van der Waals surface area contributed by atoms with Gasteiger partial charge in [-0.1, -0.05) is 30.3 Å². The standard InChI is InChI=1S/C16H24BNO2S/c1-15(2)16(3,4)20-17(19-15)14(10-18)9-12-6-5-7-13(8-12)11-21/h5-9,21H,10-11,18H2,1-4H3. The van der Waals surface area contributed by atoms with Gasteiger partial charge in [-0.25, -0.2) is 0 Å². The molecule has 0 amide bonds. The maximum atomic E-state index is 6.06. The Bertz CT molecular complexity index is 527. The lowest BCUT2D eigenvalue weighted by atomic mass is 9.77. The minimum Gasteiger partial charge on any atom is -0.400 e. The normalized spacial score (nSPS) is 20.9. The van der Waals surface area contributed by atoms with Gasteiger partial charge in [-0.05, 0) is 44.3 Å². The molecule has 3 nitrogen and oxygen atoms in total. The van der Waals surface area contributed by atoms with Gasteiger partial charge < -0.3 is 15.0 Å². The predicted molar refractivity (Wildman–Crippen MR) is 92.2 cm³/mol. The summed E-state index contributed by atoms with van der Waals surface area (Å²) in [5, 5.41) is 0. The topological polar surface area (TPSA) is 44.5 Å². The van der Waals surface area contributed by atoms with Gasteiger partial charge in [-0.2, -0.15) is 12.6 Å². The van der Waals surface area contributed by atoms with Gasteiger partial charge in [0.25, 0.3) is 0 Å². The van der Waals surface area contributed by atoms with Crippen molar-refractivity contribution in [1.29, 1.82) is 0 Å². The highest BCUT2D eigenvalue weighted by Crippen LogP contribution is 2.38. The van der Waals surface area contributed by atoms with Crippen LogP contribution in [0.1, 0.15) is 38.8 Å². The highest BCUT2D eigenvalue weighted by atomic mass is 32.1. The smallest absolute Gasteiger partial charge is 0.400 e. The van der Waals surface area contributed by atoms with Crippen molar-refractivity contribution in [2.75, 3.05) is 6.54 Å². The quantitative estimate of drug-likeness (QED) is 0.664. The van der Waals surface area contributed by atoms with Crippen molar-refractivity contribution in [2.24, 2.45) is 5.73 Å². The predicted octanol–water partition coefficient (Wildman–Crippen LogP) is 3.09. The van der Waals surface area contributed by atoms with Crippen LogP contribution >= 0.6 is 12.6 Å². The van der Waals surface area contributed by atoms with Gasteiger partial charge >= 0.3 is 7.12 Å². The third-order valence-corrected chi connectivity index (χ3v) is 4.64. The fraction of sp³-hybridized carbons (Fsp3) is 0.500. The second-order valence-electron chi connectivity index (χ2n) is 6.41. The molecule has 0 radical (unpaired) electrons. The summed E-state index contributed by atoms with van der Waals surface area (Å²) >= 11 is 4.31. The van der Waals surface area contributed by atoms with Crippen molar-refractivity contribution in [3.8, 4) is 0 Å². The first-order chi connectivity index (χ1) is 9.79. The van der Waals surface area contributed by atoms with E-state index in [4.69, 9.17) is 15.0 Å². The van der Waals surface area contributed by atoms with Crippen LogP contribution in [0.15, 0.2) is 29.7 Å². The number of benzene rings is 1. The molecule has 1 aromatic carbocycles. The molecule has 0 aromatic heterocycles. The third-order valence-electron chi connectivity index (χ3n) is 4.28. The Morgan fingerprint density at radius 2 is 1.86 bits per heavy atom. The van der Waals surface area contributed by atoms with Gasteiger partial charge in [0.1, 0.15) is 0 Å². The minimum absolute atomic E-state index is 0.348. The van der Waals surface area contributed by atoms with Crippen LogP contribution < -0.4 is 5.73 Å². The molecule has 1 fully saturated rings. The molecule has 21 heavy (non-hydrogen) atoms. The molecule has 1 aromatic rings. The Kier molecular flexibility index (Phi) is 4.88. The molecule has 114 valence electrons. The molecule has 0 unspecified atom stereocenters. The molecule has 0 spiro atoms. The van der Waals surface area contributed by atoms with E-state index >= 15 is 0 Å². The van der Waals surface area contributed by atoms with E-state index in [1.54, 1.807) is 0 Å². The van der Waals surface area contributed by atoms with Crippen LogP contribution in [0.25, 0.3) is 6.08 Å².